The number of amides is 1. The average molecular weight is 526 g/mol. The van der Waals surface area contributed by atoms with Crippen LogP contribution in [0.1, 0.15) is 18.4 Å². The Bertz CT molecular complexity index is 1470. The van der Waals surface area contributed by atoms with Crippen molar-refractivity contribution in [3.63, 3.8) is 0 Å². The van der Waals surface area contributed by atoms with Gasteiger partial charge in [0.1, 0.15) is 23.5 Å². The summed E-state index contributed by atoms with van der Waals surface area (Å²) in [7, 11) is 0. The van der Waals surface area contributed by atoms with Crippen LogP contribution in [0.15, 0.2) is 60.7 Å². The second-order valence-electron chi connectivity index (χ2n) is 8.97. The quantitative estimate of drug-likeness (QED) is 0.242. The third-order valence-electron chi connectivity index (χ3n) is 5.95. The monoisotopic (exact) mass is 526 g/mol. The summed E-state index contributed by atoms with van der Waals surface area (Å²) in [5, 5.41) is 17.8. The highest BCUT2D eigenvalue weighted by Gasteiger charge is 2.48. The van der Waals surface area contributed by atoms with E-state index >= 15 is 0 Å². The van der Waals surface area contributed by atoms with Gasteiger partial charge in [0.25, 0.3) is 5.91 Å². The van der Waals surface area contributed by atoms with Gasteiger partial charge in [0.15, 0.2) is 5.82 Å². The minimum absolute atomic E-state index is 0.0819. The zero-order chi connectivity index (χ0) is 26.9. The largest absolute Gasteiger partial charge is 0.405 e. The summed E-state index contributed by atoms with van der Waals surface area (Å²) in [6, 6.07) is 15.7. The van der Waals surface area contributed by atoms with Crippen molar-refractivity contribution in [2.24, 2.45) is 0 Å². The molecule has 8 nitrogen and oxygen atoms in total. The SMILES string of the molecule is O=C(Nc1ccc(-c2ccc3nc(NCc4ccc(F)cc4)nc(NCC(F)(F)F)c3n2)cc1)C1(O)CC1. The molecule has 0 spiro atoms. The molecule has 5 rings (SSSR count). The molecule has 2 heterocycles. The number of aromatic nitrogens is 3. The standard InChI is InChI=1S/C26H22F4N6O2/c27-17-5-1-15(2-6-17)13-31-24-35-20-10-9-19(34-21(20)22(36-24)32-14-26(28,29)30)16-3-7-18(8-4-16)33-23(37)25(38)11-12-25/h1-10,38H,11-14H2,(H,33,37)(H2,31,32,35,36). The molecule has 0 unspecified atom stereocenters. The minimum Gasteiger partial charge on any atom is -0.380 e. The summed E-state index contributed by atoms with van der Waals surface area (Å²) in [4.78, 5) is 25.1. The number of pyridine rings is 1. The van der Waals surface area contributed by atoms with Gasteiger partial charge < -0.3 is 21.1 Å². The van der Waals surface area contributed by atoms with Crippen molar-refractivity contribution >= 4 is 34.4 Å². The number of nitrogens with zero attached hydrogens (tertiary/aromatic N) is 3. The number of alkyl halides is 3. The molecule has 1 aliphatic carbocycles. The molecule has 0 bridgehead atoms. The Balaban J connectivity index is 1.40. The van der Waals surface area contributed by atoms with Gasteiger partial charge in [-0.15, -0.1) is 0 Å². The third kappa shape index (κ3) is 5.97. The number of hydrogen-bond donors (Lipinski definition) is 4. The van der Waals surface area contributed by atoms with Crippen LogP contribution in [0, 0.1) is 5.82 Å². The number of nitrogens with one attached hydrogen (secondary N) is 3. The van der Waals surface area contributed by atoms with Gasteiger partial charge in [0.2, 0.25) is 5.95 Å². The molecule has 0 aliphatic heterocycles. The van der Waals surface area contributed by atoms with Crippen molar-refractivity contribution in [3.8, 4) is 11.3 Å². The molecule has 2 aromatic carbocycles. The van der Waals surface area contributed by atoms with E-state index in [1.54, 1.807) is 48.5 Å². The fourth-order valence-electron chi connectivity index (χ4n) is 3.66. The van der Waals surface area contributed by atoms with E-state index in [2.05, 4.69) is 30.9 Å². The lowest BCUT2D eigenvalue weighted by molar-refractivity contribution is -0.126. The number of benzene rings is 2. The number of halogens is 4. The fourth-order valence-corrected chi connectivity index (χ4v) is 3.66. The average Bonchev–Trinajstić information content (AvgIpc) is 3.65. The topological polar surface area (TPSA) is 112 Å². The van der Waals surface area contributed by atoms with Gasteiger partial charge in [-0.05, 0) is 54.8 Å². The van der Waals surface area contributed by atoms with Gasteiger partial charge in [-0.3, -0.25) is 4.79 Å². The molecule has 196 valence electrons. The first-order chi connectivity index (χ1) is 18.1. The molecule has 4 aromatic rings. The van der Waals surface area contributed by atoms with E-state index in [0.717, 1.165) is 5.56 Å². The maximum atomic E-state index is 13.2. The fraction of sp³-hybridized carbons (Fsp3) is 0.231. The summed E-state index contributed by atoms with van der Waals surface area (Å²) in [6.45, 7) is -1.08. The van der Waals surface area contributed by atoms with Gasteiger partial charge in [-0.25, -0.2) is 14.4 Å². The Morgan fingerprint density at radius 1 is 0.921 bits per heavy atom. The van der Waals surface area contributed by atoms with Crippen LogP contribution in [0.4, 0.5) is 35.0 Å². The van der Waals surface area contributed by atoms with Gasteiger partial charge in [0, 0.05) is 17.8 Å². The number of fused-ring (bicyclic) bond motifs is 1. The second kappa shape index (κ2) is 9.86. The first-order valence-corrected chi connectivity index (χ1v) is 11.7. The van der Waals surface area contributed by atoms with Crippen LogP contribution in [-0.4, -0.2) is 44.3 Å². The molecule has 0 radical (unpaired) electrons. The molecule has 38 heavy (non-hydrogen) atoms. The zero-order valence-corrected chi connectivity index (χ0v) is 19.8. The van der Waals surface area contributed by atoms with E-state index in [0.29, 0.717) is 35.3 Å². The van der Waals surface area contributed by atoms with Crippen LogP contribution >= 0.6 is 0 Å². The normalized spacial score (nSPS) is 14.2. The highest BCUT2D eigenvalue weighted by molar-refractivity contribution is 5.99. The van der Waals surface area contributed by atoms with Crippen LogP contribution in [0.25, 0.3) is 22.3 Å². The maximum absolute atomic E-state index is 13.2. The Morgan fingerprint density at radius 2 is 1.63 bits per heavy atom. The minimum atomic E-state index is -4.48. The number of rotatable bonds is 8. The second-order valence-corrected chi connectivity index (χ2v) is 8.97. The molecule has 12 heteroatoms. The molecule has 4 N–H and O–H groups in total. The number of carbonyl (C=O) groups excluding carboxylic acids is 1. The van der Waals surface area contributed by atoms with E-state index in [1.807, 2.05) is 0 Å². The van der Waals surface area contributed by atoms with Crippen LogP contribution in [0.3, 0.4) is 0 Å². The first-order valence-electron chi connectivity index (χ1n) is 11.7. The van der Waals surface area contributed by atoms with Crippen molar-refractivity contribution in [2.75, 3.05) is 22.5 Å². The number of hydrogen-bond acceptors (Lipinski definition) is 7. The molecule has 1 aliphatic rings. The molecule has 1 amide bonds. The highest BCUT2D eigenvalue weighted by atomic mass is 19.4. The molecular formula is C26H22F4N6O2. The third-order valence-corrected chi connectivity index (χ3v) is 5.95. The summed E-state index contributed by atoms with van der Waals surface area (Å²) in [5.74, 6) is -0.862. The Hall–Kier alpha value is -4.32. The van der Waals surface area contributed by atoms with Gasteiger partial charge in [-0.2, -0.15) is 18.2 Å². The Morgan fingerprint density at radius 3 is 2.29 bits per heavy atom. The zero-order valence-electron chi connectivity index (χ0n) is 19.8. The Labute approximate surface area is 214 Å². The van der Waals surface area contributed by atoms with E-state index < -0.39 is 24.2 Å². The lowest BCUT2D eigenvalue weighted by atomic mass is 10.1. The van der Waals surface area contributed by atoms with Crippen molar-refractivity contribution in [1.29, 1.82) is 0 Å². The van der Waals surface area contributed by atoms with E-state index in [9.17, 15) is 27.5 Å². The van der Waals surface area contributed by atoms with Crippen LogP contribution in [0.2, 0.25) is 0 Å². The maximum Gasteiger partial charge on any atom is 0.405 e. The molecular weight excluding hydrogens is 504 g/mol. The lowest BCUT2D eigenvalue weighted by Gasteiger charge is -2.14. The van der Waals surface area contributed by atoms with Crippen molar-refractivity contribution < 1.29 is 27.5 Å². The van der Waals surface area contributed by atoms with E-state index in [1.165, 1.54) is 12.1 Å². The van der Waals surface area contributed by atoms with Crippen LogP contribution < -0.4 is 16.0 Å². The summed E-state index contributed by atoms with van der Waals surface area (Å²) in [6.07, 6.45) is -3.63. The summed E-state index contributed by atoms with van der Waals surface area (Å²) in [5.41, 5.74) is 1.50. The Kier molecular flexibility index (Phi) is 6.57. The molecule has 2 aromatic heterocycles. The smallest absolute Gasteiger partial charge is 0.380 e. The van der Waals surface area contributed by atoms with Crippen molar-refractivity contribution in [2.45, 2.75) is 31.2 Å². The van der Waals surface area contributed by atoms with Gasteiger partial charge >= 0.3 is 6.18 Å². The molecule has 1 saturated carbocycles. The predicted octanol–water partition coefficient (Wildman–Crippen LogP) is 4.88. The summed E-state index contributed by atoms with van der Waals surface area (Å²) >= 11 is 0. The highest BCUT2D eigenvalue weighted by Crippen LogP contribution is 2.36. The van der Waals surface area contributed by atoms with Gasteiger partial charge in [0.05, 0.1) is 11.2 Å². The van der Waals surface area contributed by atoms with Crippen LogP contribution in [-0.2, 0) is 11.3 Å². The van der Waals surface area contributed by atoms with E-state index in [-0.39, 0.29) is 29.6 Å². The number of anilines is 3. The molecule has 1 fully saturated rings. The lowest BCUT2D eigenvalue weighted by Crippen LogP contribution is -2.29. The predicted molar refractivity (Wildman–Crippen MR) is 134 cm³/mol. The van der Waals surface area contributed by atoms with E-state index in [4.69, 9.17) is 0 Å². The summed E-state index contributed by atoms with van der Waals surface area (Å²) < 4.78 is 52.1. The molecule has 0 saturated heterocycles. The number of aliphatic hydroxyl groups is 1. The molecule has 0 atom stereocenters. The van der Waals surface area contributed by atoms with Gasteiger partial charge in [-0.1, -0.05) is 24.3 Å². The van der Waals surface area contributed by atoms with Crippen LogP contribution in [0.5, 0.6) is 0 Å². The first kappa shape index (κ1) is 25.3. The van der Waals surface area contributed by atoms with Crippen molar-refractivity contribution in [1.82, 2.24) is 15.0 Å². The van der Waals surface area contributed by atoms with Crippen molar-refractivity contribution in [3.05, 3.63) is 72.0 Å². The number of carbonyl (C=O) groups is 1.